The summed E-state index contributed by atoms with van der Waals surface area (Å²) in [4.78, 5) is 14.1. The fraction of sp³-hybridized carbons (Fsp3) is 0.533. The van der Waals surface area contributed by atoms with Crippen LogP contribution in [0.2, 0.25) is 0 Å². The number of fused-ring (bicyclic) bond motifs is 1. The Balaban J connectivity index is 1.80. The number of benzene rings is 1. The van der Waals surface area contributed by atoms with E-state index in [1.165, 1.54) is 6.07 Å². The minimum Gasteiger partial charge on any atom is -0.507 e. The summed E-state index contributed by atoms with van der Waals surface area (Å²) in [6, 6.07) is 3.61. The molecule has 0 aromatic heterocycles. The van der Waals surface area contributed by atoms with E-state index < -0.39 is 5.82 Å². The summed E-state index contributed by atoms with van der Waals surface area (Å²) in [6.07, 6.45) is 3.21. The van der Waals surface area contributed by atoms with Gasteiger partial charge in [-0.05, 0) is 42.9 Å². The molecule has 1 aliphatic heterocycles. The summed E-state index contributed by atoms with van der Waals surface area (Å²) in [7, 11) is 0. The molecule has 2 aliphatic rings. The van der Waals surface area contributed by atoms with Crippen molar-refractivity contribution in [2.24, 2.45) is 17.6 Å². The van der Waals surface area contributed by atoms with Crippen LogP contribution in [0.1, 0.15) is 29.6 Å². The van der Waals surface area contributed by atoms with Gasteiger partial charge in [0.25, 0.3) is 5.91 Å². The number of phenolic OH excluding ortho intramolecular Hbond substituents is 1. The molecule has 0 bridgehead atoms. The van der Waals surface area contributed by atoms with Crippen molar-refractivity contribution in [1.82, 2.24) is 4.90 Å². The first-order valence-electron chi connectivity index (χ1n) is 7.09. The van der Waals surface area contributed by atoms with Crippen LogP contribution in [0.25, 0.3) is 0 Å². The lowest BCUT2D eigenvalue weighted by atomic mass is 9.78. The van der Waals surface area contributed by atoms with Crippen molar-refractivity contribution in [2.45, 2.75) is 25.3 Å². The van der Waals surface area contributed by atoms with Gasteiger partial charge in [-0.1, -0.05) is 6.42 Å². The molecular formula is C15H19FN2O2. The van der Waals surface area contributed by atoms with Crippen LogP contribution in [0.3, 0.4) is 0 Å². The van der Waals surface area contributed by atoms with Gasteiger partial charge >= 0.3 is 0 Å². The molecule has 1 heterocycles. The van der Waals surface area contributed by atoms with Gasteiger partial charge in [-0.3, -0.25) is 4.79 Å². The predicted molar refractivity (Wildman–Crippen MR) is 72.8 cm³/mol. The van der Waals surface area contributed by atoms with E-state index in [1.807, 2.05) is 0 Å². The number of carbonyl (C=O) groups excluding carboxylic acids is 1. The maximum Gasteiger partial charge on any atom is 0.257 e. The molecule has 1 amide bonds. The lowest BCUT2D eigenvalue weighted by Gasteiger charge is -2.29. The van der Waals surface area contributed by atoms with Crippen molar-refractivity contribution in [3.8, 4) is 5.75 Å². The van der Waals surface area contributed by atoms with Crippen LogP contribution < -0.4 is 5.73 Å². The van der Waals surface area contributed by atoms with Crippen molar-refractivity contribution in [3.05, 3.63) is 29.6 Å². The summed E-state index contributed by atoms with van der Waals surface area (Å²) in [6.45, 7) is 1.27. The third kappa shape index (κ3) is 2.26. The summed E-state index contributed by atoms with van der Waals surface area (Å²) in [5.41, 5.74) is 6.17. The van der Waals surface area contributed by atoms with Crippen molar-refractivity contribution >= 4 is 5.91 Å². The third-order valence-corrected chi connectivity index (χ3v) is 4.63. The standard InChI is InChI=1S/C15H19FN2O2/c16-10-4-5-14(19)11(6-10)15(20)18-7-9-2-1-3-13(17)12(9)8-18/h4-6,9,12-13,19H,1-3,7-8,17H2. The fourth-order valence-corrected chi connectivity index (χ4v) is 3.53. The van der Waals surface area contributed by atoms with Gasteiger partial charge < -0.3 is 15.7 Å². The molecule has 4 nitrogen and oxygen atoms in total. The van der Waals surface area contributed by atoms with E-state index in [4.69, 9.17) is 5.73 Å². The Morgan fingerprint density at radius 1 is 1.35 bits per heavy atom. The van der Waals surface area contributed by atoms with Gasteiger partial charge in [-0.25, -0.2) is 4.39 Å². The maximum atomic E-state index is 13.3. The van der Waals surface area contributed by atoms with Crippen LogP contribution in [-0.2, 0) is 0 Å². The van der Waals surface area contributed by atoms with Gasteiger partial charge in [-0.2, -0.15) is 0 Å². The predicted octanol–water partition coefficient (Wildman–Crippen LogP) is 1.73. The SMILES string of the molecule is NC1CCCC2CN(C(=O)c3cc(F)ccc3O)CC12. The Morgan fingerprint density at radius 2 is 2.15 bits per heavy atom. The third-order valence-electron chi connectivity index (χ3n) is 4.63. The number of rotatable bonds is 1. The fourth-order valence-electron chi connectivity index (χ4n) is 3.53. The molecule has 1 saturated heterocycles. The Hall–Kier alpha value is -1.62. The number of nitrogens with zero attached hydrogens (tertiary/aromatic N) is 1. The second-order valence-corrected chi connectivity index (χ2v) is 5.89. The Bertz CT molecular complexity index is 535. The highest BCUT2D eigenvalue weighted by atomic mass is 19.1. The summed E-state index contributed by atoms with van der Waals surface area (Å²) in [5, 5.41) is 9.74. The van der Waals surface area contributed by atoms with Gasteiger partial charge in [-0.15, -0.1) is 0 Å². The minimum atomic E-state index is -0.514. The molecule has 5 heteroatoms. The second kappa shape index (κ2) is 5.05. The Kier molecular flexibility index (Phi) is 3.38. The van der Waals surface area contributed by atoms with Crippen LogP contribution in [0.5, 0.6) is 5.75 Å². The quantitative estimate of drug-likeness (QED) is 0.822. The first-order chi connectivity index (χ1) is 9.56. The van der Waals surface area contributed by atoms with E-state index >= 15 is 0 Å². The molecular weight excluding hydrogens is 259 g/mol. The lowest BCUT2D eigenvalue weighted by Crippen LogP contribution is -2.38. The van der Waals surface area contributed by atoms with Gasteiger partial charge in [0.1, 0.15) is 11.6 Å². The Labute approximate surface area is 117 Å². The monoisotopic (exact) mass is 278 g/mol. The molecule has 3 rings (SSSR count). The molecule has 3 atom stereocenters. The highest BCUT2D eigenvalue weighted by Gasteiger charge is 2.40. The van der Waals surface area contributed by atoms with Gasteiger partial charge in [0.15, 0.2) is 0 Å². The van der Waals surface area contributed by atoms with Crippen LogP contribution in [0, 0.1) is 17.7 Å². The van der Waals surface area contributed by atoms with Crippen LogP contribution in [0.15, 0.2) is 18.2 Å². The molecule has 0 spiro atoms. The zero-order chi connectivity index (χ0) is 14.3. The first kappa shape index (κ1) is 13.4. The number of nitrogens with two attached hydrogens (primary N) is 1. The number of likely N-dealkylation sites (tertiary alicyclic amines) is 1. The van der Waals surface area contributed by atoms with Crippen LogP contribution in [-0.4, -0.2) is 35.0 Å². The summed E-state index contributed by atoms with van der Waals surface area (Å²) < 4.78 is 13.3. The minimum absolute atomic E-state index is 0.0391. The lowest BCUT2D eigenvalue weighted by molar-refractivity contribution is 0.0780. The van der Waals surface area contributed by atoms with Gasteiger partial charge in [0, 0.05) is 19.1 Å². The number of carbonyl (C=O) groups is 1. The number of hydrogen-bond donors (Lipinski definition) is 2. The van der Waals surface area contributed by atoms with Crippen molar-refractivity contribution in [1.29, 1.82) is 0 Å². The van der Waals surface area contributed by atoms with E-state index in [1.54, 1.807) is 4.90 Å². The number of aromatic hydroxyl groups is 1. The summed E-state index contributed by atoms with van der Waals surface area (Å²) in [5.74, 6) is -0.208. The van der Waals surface area contributed by atoms with E-state index in [9.17, 15) is 14.3 Å². The first-order valence-corrected chi connectivity index (χ1v) is 7.09. The molecule has 108 valence electrons. The average Bonchev–Trinajstić information content (AvgIpc) is 2.86. The normalized spacial score (nSPS) is 29.3. The molecule has 1 aliphatic carbocycles. The Morgan fingerprint density at radius 3 is 2.90 bits per heavy atom. The van der Waals surface area contributed by atoms with Crippen molar-refractivity contribution in [2.75, 3.05) is 13.1 Å². The van der Waals surface area contributed by atoms with E-state index in [0.717, 1.165) is 31.4 Å². The number of amides is 1. The molecule has 3 unspecified atom stereocenters. The second-order valence-electron chi connectivity index (χ2n) is 5.89. The van der Waals surface area contributed by atoms with Gasteiger partial charge in [0.05, 0.1) is 5.56 Å². The topological polar surface area (TPSA) is 66.6 Å². The van der Waals surface area contributed by atoms with E-state index in [-0.39, 0.29) is 23.3 Å². The van der Waals surface area contributed by atoms with Gasteiger partial charge in [0.2, 0.25) is 0 Å². The van der Waals surface area contributed by atoms with Crippen LogP contribution in [0.4, 0.5) is 4.39 Å². The molecule has 0 radical (unpaired) electrons. The zero-order valence-corrected chi connectivity index (χ0v) is 11.3. The molecule has 1 aromatic carbocycles. The van der Waals surface area contributed by atoms with E-state index in [0.29, 0.717) is 24.9 Å². The van der Waals surface area contributed by atoms with Crippen molar-refractivity contribution in [3.63, 3.8) is 0 Å². The molecule has 1 saturated carbocycles. The average molecular weight is 278 g/mol. The zero-order valence-electron chi connectivity index (χ0n) is 11.3. The highest BCUT2D eigenvalue weighted by Crippen LogP contribution is 2.36. The molecule has 20 heavy (non-hydrogen) atoms. The molecule has 2 fully saturated rings. The summed E-state index contributed by atoms with van der Waals surface area (Å²) >= 11 is 0. The largest absolute Gasteiger partial charge is 0.507 e. The van der Waals surface area contributed by atoms with E-state index in [2.05, 4.69) is 0 Å². The number of phenols is 1. The van der Waals surface area contributed by atoms with Crippen LogP contribution >= 0.6 is 0 Å². The smallest absolute Gasteiger partial charge is 0.257 e. The molecule has 1 aromatic rings. The van der Waals surface area contributed by atoms with Crippen molar-refractivity contribution < 1.29 is 14.3 Å². The number of halogens is 1. The number of hydrogen-bond acceptors (Lipinski definition) is 3. The highest BCUT2D eigenvalue weighted by molar-refractivity contribution is 5.97. The maximum absolute atomic E-state index is 13.3. The molecule has 3 N–H and O–H groups in total.